The van der Waals surface area contributed by atoms with Crippen LogP contribution in [0, 0.1) is 0 Å². The number of ether oxygens (including phenoxy) is 1. The molecule has 2 amide bonds. The Morgan fingerprint density at radius 2 is 1.77 bits per heavy atom. The Balaban J connectivity index is 1.60. The van der Waals surface area contributed by atoms with Gasteiger partial charge in [-0.25, -0.2) is 0 Å². The van der Waals surface area contributed by atoms with Crippen LogP contribution in [0.5, 0.6) is 0 Å². The molecule has 0 aliphatic rings. The van der Waals surface area contributed by atoms with Gasteiger partial charge in [-0.15, -0.1) is 0 Å². The van der Waals surface area contributed by atoms with Crippen LogP contribution >= 0.6 is 15.9 Å². The second-order valence-electron chi connectivity index (χ2n) is 5.85. The summed E-state index contributed by atoms with van der Waals surface area (Å²) in [6.45, 7) is 3.10. The van der Waals surface area contributed by atoms with Crippen molar-refractivity contribution in [2.24, 2.45) is 0 Å². The number of nitrogens with one attached hydrogen (secondary N) is 2. The molecule has 6 heteroatoms. The van der Waals surface area contributed by atoms with Gasteiger partial charge in [-0.1, -0.05) is 52.3 Å². The van der Waals surface area contributed by atoms with Crippen molar-refractivity contribution < 1.29 is 14.3 Å². The van der Waals surface area contributed by atoms with Gasteiger partial charge in [0.05, 0.1) is 6.61 Å². The minimum absolute atomic E-state index is 0.128. The lowest BCUT2D eigenvalue weighted by molar-refractivity contribution is -0.132. The minimum Gasteiger partial charge on any atom is -0.364 e. The molecule has 0 spiro atoms. The van der Waals surface area contributed by atoms with Gasteiger partial charge in [0.2, 0.25) is 5.91 Å². The number of hydrogen-bond acceptors (Lipinski definition) is 3. The Kier molecular flexibility index (Phi) is 8.31. The van der Waals surface area contributed by atoms with E-state index in [0.717, 1.165) is 10.0 Å². The molecule has 0 aromatic heterocycles. The SMILES string of the molecule is CC(OCc1ccccc1)C(=O)NCCCNC(=O)c1cccc(Br)c1. The van der Waals surface area contributed by atoms with Crippen molar-refractivity contribution in [3.8, 4) is 0 Å². The zero-order valence-corrected chi connectivity index (χ0v) is 16.3. The molecule has 1 unspecified atom stereocenters. The molecule has 0 saturated carbocycles. The minimum atomic E-state index is -0.522. The quantitative estimate of drug-likeness (QED) is 0.613. The Morgan fingerprint density at radius 3 is 2.50 bits per heavy atom. The van der Waals surface area contributed by atoms with E-state index in [2.05, 4.69) is 26.6 Å². The van der Waals surface area contributed by atoms with E-state index in [0.29, 0.717) is 31.7 Å². The predicted molar refractivity (Wildman–Crippen MR) is 105 cm³/mol. The number of rotatable bonds is 9. The molecule has 2 rings (SSSR count). The summed E-state index contributed by atoms with van der Waals surface area (Å²) in [5.41, 5.74) is 1.63. The van der Waals surface area contributed by atoms with Crippen LogP contribution in [0.1, 0.15) is 29.3 Å². The van der Waals surface area contributed by atoms with E-state index in [9.17, 15) is 9.59 Å². The molecule has 2 aromatic carbocycles. The molecule has 138 valence electrons. The van der Waals surface area contributed by atoms with Crippen molar-refractivity contribution in [1.29, 1.82) is 0 Å². The van der Waals surface area contributed by atoms with Crippen molar-refractivity contribution in [1.82, 2.24) is 10.6 Å². The highest BCUT2D eigenvalue weighted by Gasteiger charge is 2.12. The van der Waals surface area contributed by atoms with E-state index in [-0.39, 0.29) is 11.8 Å². The smallest absolute Gasteiger partial charge is 0.251 e. The number of amides is 2. The lowest BCUT2D eigenvalue weighted by Crippen LogP contribution is -2.36. The Morgan fingerprint density at radius 1 is 1.04 bits per heavy atom. The fourth-order valence-corrected chi connectivity index (χ4v) is 2.65. The highest BCUT2D eigenvalue weighted by molar-refractivity contribution is 9.10. The van der Waals surface area contributed by atoms with E-state index >= 15 is 0 Å². The summed E-state index contributed by atoms with van der Waals surface area (Å²) in [5, 5.41) is 5.65. The van der Waals surface area contributed by atoms with Gasteiger partial charge < -0.3 is 15.4 Å². The first-order valence-electron chi connectivity index (χ1n) is 8.53. The van der Waals surface area contributed by atoms with Crippen molar-refractivity contribution in [2.75, 3.05) is 13.1 Å². The second kappa shape index (κ2) is 10.7. The summed E-state index contributed by atoms with van der Waals surface area (Å²) in [6.07, 6.45) is 0.128. The number of halogens is 1. The fraction of sp³-hybridized carbons (Fsp3) is 0.300. The van der Waals surface area contributed by atoms with E-state index in [1.54, 1.807) is 19.1 Å². The highest BCUT2D eigenvalue weighted by Crippen LogP contribution is 2.11. The average Bonchev–Trinajstić information content (AvgIpc) is 2.66. The van der Waals surface area contributed by atoms with Gasteiger partial charge >= 0.3 is 0 Å². The second-order valence-corrected chi connectivity index (χ2v) is 6.77. The molecule has 0 heterocycles. The van der Waals surface area contributed by atoms with Crippen LogP contribution in [0.2, 0.25) is 0 Å². The molecule has 0 aliphatic heterocycles. The maximum Gasteiger partial charge on any atom is 0.251 e. The Labute approximate surface area is 162 Å². The van der Waals surface area contributed by atoms with Crippen molar-refractivity contribution in [3.63, 3.8) is 0 Å². The largest absolute Gasteiger partial charge is 0.364 e. The molecule has 0 aliphatic carbocycles. The van der Waals surface area contributed by atoms with Crippen molar-refractivity contribution >= 4 is 27.7 Å². The third-order valence-corrected chi connectivity index (χ3v) is 4.23. The van der Waals surface area contributed by atoms with E-state index in [4.69, 9.17) is 4.74 Å². The number of carbonyl (C=O) groups excluding carboxylic acids is 2. The summed E-state index contributed by atoms with van der Waals surface area (Å²) in [4.78, 5) is 24.0. The van der Waals surface area contributed by atoms with Gasteiger partial charge in [-0.05, 0) is 37.1 Å². The van der Waals surface area contributed by atoms with Gasteiger partial charge in [0.1, 0.15) is 6.10 Å². The molecule has 0 saturated heterocycles. The molecule has 5 nitrogen and oxygen atoms in total. The molecule has 0 bridgehead atoms. The van der Waals surface area contributed by atoms with Gasteiger partial charge in [-0.2, -0.15) is 0 Å². The van der Waals surface area contributed by atoms with Crippen LogP contribution in [0.3, 0.4) is 0 Å². The molecular weight excluding hydrogens is 396 g/mol. The number of hydrogen-bond donors (Lipinski definition) is 2. The van der Waals surface area contributed by atoms with E-state index < -0.39 is 6.10 Å². The number of benzene rings is 2. The van der Waals surface area contributed by atoms with Gasteiger partial charge in [0.25, 0.3) is 5.91 Å². The molecule has 0 radical (unpaired) electrons. The normalized spacial score (nSPS) is 11.6. The van der Waals surface area contributed by atoms with Crippen LogP contribution in [0.4, 0.5) is 0 Å². The molecule has 1 atom stereocenters. The van der Waals surface area contributed by atoms with Gasteiger partial charge in [-0.3, -0.25) is 9.59 Å². The summed E-state index contributed by atoms with van der Waals surface area (Å²) >= 11 is 3.34. The first kappa shape index (κ1) is 20.1. The third kappa shape index (κ3) is 6.98. The highest BCUT2D eigenvalue weighted by atomic mass is 79.9. The molecular formula is C20H23BrN2O3. The summed E-state index contributed by atoms with van der Waals surface area (Å²) in [5.74, 6) is -0.281. The fourth-order valence-electron chi connectivity index (χ4n) is 2.25. The first-order valence-corrected chi connectivity index (χ1v) is 9.32. The number of carbonyl (C=O) groups is 2. The monoisotopic (exact) mass is 418 g/mol. The van der Waals surface area contributed by atoms with E-state index in [1.807, 2.05) is 42.5 Å². The van der Waals surface area contributed by atoms with Crippen LogP contribution in [-0.4, -0.2) is 31.0 Å². The van der Waals surface area contributed by atoms with E-state index in [1.165, 1.54) is 0 Å². The lowest BCUT2D eigenvalue weighted by Gasteiger charge is -2.13. The molecule has 26 heavy (non-hydrogen) atoms. The summed E-state index contributed by atoms with van der Waals surface area (Å²) < 4.78 is 6.43. The predicted octanol–water partition coefficient (Wildman–Crippen LogP) is 3.29. The van der Waals surface area contributed by atoms with Crippen LogP contribution < -0.4 is 10.6 Å². The summed E-state index contributed by atoms with van der Waals surface area (Å²) in [7, 11) is 0. The topological polar surface area (TPSA) is 67.4 Å². The van der Waals surface area contributed by atoms with Crippen LogP contribution in [0.15, 0.2) is 59.1 Å². The average molecular weight is 419 g/mol. The van der Waals surface area contributed by atoms with Crippen LogP contribution in [0.25, 0.3) is 0 Å². The van der Waals surface area contributed by atoms with Gasteiger partial charge in [0.15, 0.2) is 0 Å². The Bertz CT molecular complexity index is 722. The maximum absolute atomic E-state index is 12.0. The van der Waals surface area contributed by atoms with Crippen LogP contribution in [-0.2, 0) is 16.1 Å². The third-order valence-electron chi connectivity index (χ3n) is 3.74. The first-order chi connectivity index (χ1) is 12.6. The molecule has 2 N–H and O–H groups in total. The molecule has 2 aromatic rings. The van der Waals surface area contributed by atoms with Crippen molar-refractivity contribution in [3.05, 3.63) is 70.2 Å². The van der Waals surface area contributed by atoms with Gasteiger partial charge in [0, 0.05) is 23.1 Å². The standard InChI is InChI=1S/C20H23BrN2O3/c1-15(26-14-16-7-3-2-4-8-16)19(24)22-11-6-12-23-20(25)17-9-5-10-18(21)13-17/h2-5,7-10,13,15H,6,11-12,14H2,1H3,(H,22,24)(H,23,25). The zero-order chi connectivity index (χ0) is 18.8. The summed E-state index contributed by atoms with van der Waals surface area (Å²) in [6, 6.07) is 16.9. The zero-order valence-electron chi connectivity index (χ0n) is 14.7. The maximum atomic E-state index is 12.0. The lowest BCUT2D eigenvalue weighted by atomic mass is 10.2. The Hall–Kier alpha value is -2.18. The molecule has 0 fully saturated rings. The van der Waals surface area contributed by atoms with Crippen molar-refractivity contribution in [2.45, 2.75) is 26.1 Å².